The third kappa shape index (κ3) is 18.4. The molecular weight excluding hydrogens is 933 g/mol. The number of carboxylic acid groups (broad SMARTS) is 6. The Bertz CT molecular complexity index is 2480. The molecule has 7 amide bonds. The van der Waals surface area contributed by atoms with Gasteiger partial charge in [-0.15, -0.1) is 0 Å². The molecule has 27 nitrogen and oxygen atoms in total. The number of para-hydroxylation sites is 1. The maximum Gasteiger partial charge on any atom is 0.326 e. The van der Waals surface area contributed by atoms with Gasteiger partial charge in [-0.2, -0.15) is 0 Å². The first-order valence-electron chi connectivity index (χ1n) is 20.9. The molecule has 27 heteroatoms. The van der Waals surface area contributed by atoms with Crippen LogP contribution in [-0.4, -0.2) is 155 Å². The molecule has 1 aromatic heterocycles. The zero-order valence-electron chi connectivity index (χ0n) is 37.0. The first-order valence-corrected chi connectivity index (χ1v) is 20.9. The van der Waals surface area contributed by atoms with Gasteiger partial charge in [0.25, 0.3) is 0 Å². The summed E-state index contributed by atoms with van der Waals surface area (Å²) in [5.41, 5.74) is 1.36. The maximum absolute atomic E-state index is 14.1. The van der Waals surface area contributed by atoms with Crippen LogP contribution in [0.5, 0.6) is 0 Å². The number of carbonyl (C=O) groups excluding carboxylic acids is 7. The van der Waals surface area contributed by atoms with E-state index in [1.807, 2.05) is 16.0 Å². The molecule has 0 saturated carbocycles. The van der Waals surface area contributed by atoms with Crippen molar-refractivity contribution < 1.29 is 93.0 Å². The molecule has 3 rings (SSSR count). The summed E-state index contributed by atoms with van der Waals surface area (Å²) >= 11 is 0. The van der Waals surface area contributed by atoms with Gasteiger partial charge in [0.2, 0.25) is 41.4 Å². The van der Waals surface area contributed by atoms with Crippen LogP contribution >= 0.6 is 0 Å². The number of rotatable bonds is 29. The minimum absolute atomic E-state index is 0.251. The summed E-state index contributed by atoms with van der Waals surface area (Å²) in [5, 5.41) is 72.5. The van der Waals surface area contributed by atoms with Crippen molar-refractivity contribution in [1.82, 2.24) is 42.2 Å². The van der Waals surface area contributed by atoms with E-state index in [2.05, 4.69) is 26.3 Å². The molecular formula is C43H50N8O19. The van der Waals surface area contributed by atoms with Crippen LogP contribution in [0, 0.1) is 0 Å². The molecule has 0 radical (unpaired) electrons. The van der Waals surface area contributed by atoms with Gasteiger partial charge in [0, 0.05) is 43.3 Å². The lowest BCUT2D eigenvalue weighted by molar-refractivity contribution is -0.144. The average molecular weight is 983 g/mol. The maximum atomic E-state index is 14.1. The topological polar surface area (TPSA) is 443 Å². The van der Waals surface area contributed by atoms with E-state index in [9.17, 15) is 87.9 Å². The lowest BCUT2D eigenvalue weighted by atomic mass is 10.0. The molecule has 0 bridgehead atoms. The van der Waals surface area contributed by atoms with Crippen LogP contribution in [0.25, 0.3) is 10.9 Å². The monoisotopic (exact) mass is 982 g/mol. The highest BCUT2D eigenvalue weighted by atomic mass is 16.4. The van der Waals surface area contributed by atoms with Crippen LogP contribution in [0.3, 0.4) is 0 Å². The molecule has 376 valence electrons. The summed E-state index contributed by atoms with van der Waals surface area (Å²) < 4.78 is 0. The van der Waals surface area contributed by atoms with E-state index in [0.29, 0.717) is 22.0 Å². The van der Waals surface area contributed by atoms with Crippen LogP contribution < -0.4 is 37.2 Å². The highest BCUT2D eigenvalue weighted by Gasteiger charge is 2.37. The van der Waals surface area contributed by atoms with Gasteiger partial charge in [-0.1, -0.05) is 48.5 Å². The van der Waals surface area contributed by atoms with Gasteiger partial charge in [0.1, 0.15) is 42.3 Å². The van der Waals surface area contributed by atoms with Crippen LogP contribution in [0.1, 0.15) is 56.6 Å². The van der Waals surface area contributed by atoms with E-state index in [1.54, 1.807) is 54.6 Å². The number of hydrogen-bond acceptors (Lipinski definition) is 13. The number of aromatic amines is 1. The Morgan fingerprint density at radius 1 is 0.443 bits per heavy atom. The van der Waals surface area contributed by atoms with Gasteiger partial charge in [-0.05, 0) is 23.6 Å². The molecule has 3 aromatic rings. The Morgan fingerprint density at radius 3 is 1.24 bits per heavy atom. The lowest BCUT2D eigenvalue weighted by Crippen LogP contribution is -2.61. The zero-order chi connectivity index (χ0) is 52.2. The third-order valence-electron chi connectivity index (χ3n) is 10.0. The highest BCUT2D eigenvalue weighted by molar-refractivity contribution is 6.00. The van der Waals surface area contributed by atoms with E-state index in [0.717, 1.165) is 6.92 Å². The van der Waals surface area contributed by atoms with E-state index in [1.165, 1.54) is 6.20 Å². The molecule has 14 N–H and O–H groups in total. The van der Waals surface area contributed by atoms with Crippen molar-refractivity contribution in [2.24, 2.45) is 0 Å². The van der Waals surface area contributed by atoms with Crippen molar-refractivity contribution in [3.8, 4) is 0 Å². The second-order valence-electron chi connectivity index (χ2n) is 15.5. The predicted octanol–water partition coefficient (Wildman–Crippen LogP) is -2.79. The first-order chi connectivity index (χ1) is 32.9. The molecule has 0 unspecified atom stereocenters. The van der Waals surface area contributed by atoms with E-state index >= 15 is 0 Å². The standard InChI is InChI=1S/C43H50N8O19/c1-20(52)45-25(11-12-32(53)54)37(63)47-27(15-33(55)56)40(66)50-29(17-35(59)60)41(67)49-28(16-34(57)58)39(65)46-26(14-22-19-44-24-10-6-5-9-23(22)24)38(64)48-30(18-36(61)62)42(68)51-31(43(69)70)13-21-7-3-2-4-8-21/h2-10,19,25-31,44H,11-18H2,1H3,(H,45,52)(H,46,65)(H,47,63)(H,48,64)(H,49,67)(H,50,66)(H,51,68)(H,53,54)(H,55,56)(H,57,58)(H,59,60)(H,61,62)(H,69,70)/t25-,26-,27-,28-,29-,30-,31-/m0/s1. The summed E-state index contributed by atoms with van der Waals surface area (Å²) in [7, 11) is 0. The Morgan fingerprint density at radius 2 is 0.829 bits per heavy atom. The normalized spacial score (nSPS) is 13.8. The fourth-order valence-electron chi connectivity index (χ4n) is 6.73. The van der Waals surface area contributed by atoms with Crippen LogP contribution in [0.2, 0.25) is 0 Å². The molecule has 1 heterocycles. The molecule has 70 heavy (non-hydrogen) atoms. The number of aromatic nitrogens is 1. The average Bonchev–Trinajstić information content (AvgIpc) is 3.68. The summed E-state index contributed by atoms with van der Waals surface area (Å²) in [6.07, 6.45) is -5.35. The summed E-state index contributed by atoms with van der Waals surface area (Å²) in [5.74, 6) is -18.8. The van der Waals surface area contributed by atoms with E-state index < -0.39 is 164 Å². The van der Waals surface area contributed by atoms with Crippen molar-refractivity contribution in [3.63, 3.8) is 0 Å². The Kier molecular flexibility index (Phi) is 20.9. The first kappa shape index (κ1) is 55.4. The minimum Gasteiger partial charge on any atom is -0.481 e. The van der Waals surface area contributed by atoms with Crippen LogP contribution in [0.4, 0.5) is 0 Å². The van der Waals surface area contributed by atoms with Crippen molar-refractivity contribution in [3.05, 3.63) is 71.9 Å². The SMILES string of the molecule is CC(=O)N[C@@H](CCC(=O)O)C(=O)N[C@@H](CC(=O)O)C(=O)N[C@@H](CC(=O)O)C(=O)N[C@@H](CC(=O)O)C(=O)N[C@@H](Cc1c[nH]c2ccccc12)C(=O)N[C@@H](CC(=O)O)C(=O)N[C@@H](Cc1ccccc1)C(=O)O. The molecule has 0 aliphatic rings. The second kappa shape index (κ2) is 26.4. The number of fused-ring (bicyclic) bond motifs is 1. The Balaban J connectivity index is 1.95. The van der Waals surface area contributed by atoms with Crippen LogP contribution in [0.15, 0.2) is 60.8 Å². The largest absolute Gasteiger partial charge is 0.481 e. The van der Waals surface area contributed by atoms with Gasteiger partial charge >= 0.3 is 35.8 Å². The molecule has 0 spiro atoms. The molecule has 0 saturated heterocycles. The summed E-state index contributed by atoms with van der Waals surface area (Å²) in [4.78, 5) is 167. The second-order valence-corrected chi connectivity index (χ2v) is 15.5. The summed E-state index contributed by atoms with van der Waals surface area (Å²) in [6.45, 7) is 0.973. The number of hydrogen-bond donors (Lipinski definition) is 14. The van der Waals surface area contributed by atoms with Gasteiger partial charge in [0.15, 0.2) is 0 Å². The highest BCUT2D eigenvalue weighted by Crippen LogP contribution is 2.20. The number of amides is 7. The van der Waals surface area contributed by atoms with Gasteiger partial charge in [0.05, 0.1) is 25.7 Å². The molecule has 0 aliphatic heterocycles. The number of aliphatic carboxylic acids is 6. The fourth-order valence-corrected chi connectivity index (χ4v) is 6.73. The predicted molar refractivity (Wildman–Crippen MR) is 235 cm³/mol. The van der Waals surface area contributed by atoms with Crippen molar-refractivity contribution in [2.45, 2.75) is 101 Å². The Hall–Kier alpha value is -8.91. The number of H-pyrrole nitrogens is 1. The molecule has 7 atom stereocenters. The van der Waals surface area contributed by atoms with Gasteiger partial charge in [-0.3, -0.25) is 57.5 Å². The number of nitrogens with one attached hydrogen (secondary N) is 8. The van der Waals surface area contributed by atoms with Gasteiger partial charge in [-0.25, -0.2) is 4.79 Å². The molecule has 2 aromatic carbocycles. The quantitative estimate of drug-likeness (QED) is 0.0334. The smallest absolute Gasteiger partial charge is 0.326 e. The number of benzene rings is 2. The number of carbonyl (C=O) groups is 13. The molecule has 0 aliphatic carbocycles. The van der Waals surface area contributed by atoms with Crippen molar-refractivity contribution in [1.29, 1.82) is 0 Å². The lowest BCUT2D eigenvalue weighted by Gasteiger charge is -2.27. The fraction of sp³-hybridized carbons (Fsp3) is 0.372. The van der Waals surface area contributed by atoms with E-state index in [-0.39, 0.29) is 6.42 Å². The molecule has 0 fully saturated rings. The Labute approximate surface area is 395 Å². The number of carboxylic acids is 6. The summed E-state index contributed by atoms with van der Waals surface area (Å²) in [6, 6.07) is 1.00. The van der Waals surface area contributed by atoms with Gasteiger partial charge < -0.3 is 72.8 Å². The third-order valence-corrected chi connectivity index (χ3v) is 10.0. The minimum atomic E-state index is -2.24. The van der Waals surface area contributed by atoms with Crippen molar-refractivity contribution >= 4 is 88.1 Å². The van der Waals surface area contributed by atoms with Crippen LogP contribution in [-0.2, 0) is 75.2 Å². The van der Waals surface area contributed by atoms with Crippen molar-refractivity contribution in [2.75, 3.05) is 0 Å². The zero-order valence-corrected chi connectivity index (χ0v) is 37.0. The van der Waals surface area contributed by atoms with E-state index in [4.69, 9.17) is 5.11 Å².